The molecule has 0 bridgehead atoms. The van der Waals surface area contributed by atoms with Gasteiger partial charge in [-0.05, 0) is 25.7 Å². The summed E-state index contributed by atoms with van der Waals surface area (Å²) in [6.45, 7) is 2.12. The van der Waals surface area contributed by atoms with Crippen molar-refractivity contribution < 1.29 is 5.11 Å². The highest BCUT2D eigenvalue weighted by atomic mass is 35.5. The van der Waals surface area contributed by atoms with Crippen LogP contribution in [-0.4, -0.2) is 33.7 Å². The molecule has 0 spiro atoms. The van der Waals surface area contributed by atoms with Crippen LogP contribution < -0.4 is 16.4 Å². The number of thioether (sulfide) groups is 1. The van der Waals surface area contributed by atoms with Crippen LogP contribution in [0.5, 0.6) is 0 Å². The van der Waals surface area contributed by atoms with Crippen molar-refractivity contribution in [1.29, 1.82) is 0 Å². The van der Waals surface area contributed by atoms with Crippen LogP contribution in [-0.2, 0) is 0 Å². The minimum absolute atomic E-state index is 0.211. The normalized spacial score (nSPS) is 31.1. The maximum Gasteiger partial charge on any atom is 0.169 e. The number of nitrogens with one attached hydrogen (secondary N) is 2. The number of halogens is 1. The lowest BCUT2D eigenvalue weighted by atomic mass is 10.2. The molecule has 0 radical (unpaired) electrons. The number of nitrogens with two attached hydrogens (primary N) is 1. The minimum Gasteiger partial charge on any atom is -0.396 e. The summed E-state index contributed by atoms with van der Waals surface area (Å²) in [4.78, 5) is 4.30. The zero-order chi connectivity index (χ0) is 13.8. The molecule has 108 valence electrons. The molecule has 0 aromatic rings. The Balaban J connectivity index is 1.96. The van der Waals surface area contributed by atoms with Gasteiger partial charge in [0, 0.05) is 11.8 Å². The number of amidine groups is 1. The summed E-state index contributed by atoms with van der Waals surface area (Å²) >= 11 is 7.78. The van der Waals surface area contributed by atoms with E-state index in [1.165, 1.54) is 0 Å². The highest BCUT2D eigenvalue weighted by Gasteiger charge is 2.27. The first-order chi connectivity index (χ1) is 9.10. The molecule has 3 atom stereocenters. The van der Waals surface area contributed by atoms with E-state index in [0.29, 0.717) is 5.70 Å². The Bertz CT molecular complexity index is 388. The highest BCUT2D eigenvalue weighted by molar-refractivity contribution is 8.13. The van der Waals surface area contributed by atoms with Crippen LogP contribution in [0.1, 0.15) is 32.6 Å². The van der Waals surface area contributed by atoms with E-state index in [0.717, 1.165) is 42.4 Å². The van der Waals surface area contributed by atoms with Crippen molar-refractivity contribution in [2.24, 2.45) is 10.7 Å². The molecule has 7 heteroatoms. The van der Waals surface area contributed by atoms with Gasteiger partial charge in [0.2, 0.25) is 0 Å². The number of aliphatic hydroxyl groups excluding tert-OH is 1. The molecule has 5 nitrogen and oxygen atoms in total. The van der Waals surface area contributed by atoms with Crippen molar-refractivity contribution in [1.82, 2.24) is 10.6 Å². The van der Waals surface area contributed by atoms with E-state index >= 15 is 0 Å². The van der Waals surface area contributed by atoms with Crippen molar-refractivity contribution >= 4 is 28.5 Å². The average molecular weight is 305 g/mol. The molecule has 0 amide bonds. The van der Waals surface area contributed by atoms with Gasteiger partial charge in [0.15, 0.2) is 10.7 Å². The number of hydrogen-bond acceptors (Lipinski definition) is 6. The number of nitrogens with zero attached hydrogens (tertiary/aromatic N) is 1. The number of alkyl halides is 1. The van der Waals surface area contributed by atoms with Gasteiger partial charge < -0.3 is 21.5 Å². The van der Waals surface area contributed by atoms with Crippen molar-refractivity contribution in [3.8, 4) is 0 Å². The minimum atomic E-state index is -0.519. The third kappa shape index (κ3) is 3.94. The first-order valence-electron chi connectivity index (χ1n) is 6.66. The molecule has 0 aromatic heterocycles. The van der Waals surface area contributed by atoms with Crippen molar-refractivity contribution in [3.05, 3.63) is 11.5 Å². The van der Waals surface area contributed by atoms with E-state index in [-0.39, 0.29) is 12.1 Å². The molecule has 2 rings (SSSR count). The quantitative estimate of drug-likeness (QED) is 0.465. The maximum atomic E-state index is 9.55. The monoisotopic (exact) mass is 304 g/mol. The van der Waals surface area contributed by atoms with E-state index in [4.69, 9.17) is 17.3 Å². The molecule has 1 aliphatic carbocycles. The SMILES string of the molecule is CCCSC1=NC(Cl)C(N)=C(N[C@H]2CC[C@@H](O)C2)N1. The molecule has 1 saturated carbocycles. The fourth-order valence-corrected chi connectivity index (χ4v) is 3.20. The number of hydrogen-bond donors (Lipinski definition) is 4. The predicted octanol–water partition coefficient (Wildman–Crippen LogP) is 1.28. The molecule has 2 aliphatic rings. The number of aliphatic imine (C=N–C) groups is 1. The summed E-state index contributed by atoms with van der Waals surface area (Å²) in [5, 5.41) is 16.9. The number of aliphatic hydroxyl groups is 1. The zero-order valence-corrected chi connectivity index (χ0v) is 12.6. The molecule has 5 N–H and O–H groups in total. The Hall–Kier alpha value is -0.590. The molecule has 1 aliphatic heterocycles. The predicted molar refractivity (Wildman–Crippen MR) is 81.0 cm³/mol. The second kappa shape index (κ2) is 6.72. The summed E-state index contributed by atoms with van der Waals surface area (Å²) in [6.07, 6.45) is 3.40. The zero-order valence-electron chi connectivity index (χ0n) is 11.0. The fraction of sp³-hybridized carbons (Fsp3) is 0.750. The van der Waals surface area contributed by atoms with Crippen molar-refractivity contribution in [3.63, 3.8) is 0 Å². The first-order valence-corrected chi connectivity index (χ1v) is 8.08. The van der Waals surface area contributed by atoms with Crippen LogP contribution in [0.25, 0.3) is 0 Å². The van der Waals surface area contributed by atoms with Crippen LogP contribution in [0.3, 0.4) is 0 Å². The van der Waals surface area contributed by atoms with Gasteiger partial charge in [-0.3, -0.25) is 0 Å². The Morgan fingerprint density at radius 1 is 1.58 bits per heavy atom. The molecule has 0 saturated heterocycles. The molecule has 0 aromatic carbocycles. The third-order valence-electron chi connectivity index (χ3n) is 3.20. The maximum absolute atomic E-state index is 9.55. The fourth-order valence-electron chi connectivity index (χ4n) is 2.19. The summed E-state index contributed by atoms with van der Waals surface area (Å²) in [5.41, 5.74) is 5.97. The van der Waals surface area contributed by atoms with Gasteiger partial charge in [-0.15, -0.1) is 0 Å². The van der Waals surface area contributed by atoms with Gasteiger partial charge in [0.1, 0.15) is 5.82 Å². The number of rotatable bonds is 4. The summed E-state index contributed by atoms with van der Waals surface area (Å²) in [7, 11) is 0. The van der Waals surface area contributed by atoms with Gasteiger partial charge in [-0.25, -0.2) is 4.99 Å². The molecular weight excluding hydrogens is 284 g/mol. The lowest BCUT2D eigenvalue weighted by Crippen LogP contribution is -2.42. The smallest absolute Gasteiger partial charge is 0.169 e. The molecular formula is C12H21ClN4OS. The van der Waals surface area contributed by atoms with Gasteiger partial charge in [-0.1, -0.05) is 30.3 Å². The van der Waals surface area contributed by atoms with Crippen molar-refractivity contribution in [2.45, 2.75) is 50.3 Å². The van der Waals surface area contributed by atoms with E-state index in [1.807, 2.05) is 0 Å². The van der Waals surface area contributed by atoms with Crippen LogP contribution in [0.4, 0.5) is 0 Å². The van der Waals surface area contributed by atoms with E-state index in [9.17, 15) is 5.11 Å². The van der Waals surface area contributed by atoms with Crippen LogP contribution in [0.2, 0.25) is 0 Å². The lowest BCUT2D eigenvalue weighted by Gasteiger charge is -2.26. The lowest BCUT2D eigenvalue weighted by molar-refractivity contribution is 0.180. The molecule has 19 heavy (non-hydrogen) atoms. The van der Waals surface area contributed by atoms with Crippen LogP contribution in [0.15, 0.2) is 16.5 Å². The van der Waals surface area contributed by atoms with Gasteiger partial charge in [0.25, 0.3) is 0 Å². The van der Waals surface area contributed by atoms with Crippen LogP contribution >= 0.6 is 23.4 Å². The summed E-state index contributed by atoms with van der Waals surface area (Å²) < 4.78 is 0. The highest BCUT2D eigenvalue weighted by Crippen LogP contribution is 2.22. The largest absolute Gasteiger partial charge is 0.396 e. The van der Waals surface area contributed by atoms with Gasteiger partial charge >= 0.3 is 0 Å². The van der Waals surface area contributed by atoms with E-state index < -0.39 is 5.50 Å². The molecule has 1 unspecified atom stereocenters. The van der Waals surface area contributed by atoms with Gasteiger partial charge in [0.05, 0.1) is 11.8 Å². The Labute approximate surface area is 123 Å². The molecule has 1 fully saturated rings. The summed E-state index contributed by atoms with van der Waals surface area (Å²) in [6, 6.07) is 0.246. The van der Waals surface area contributed by atoms with Crippen molar-refractivity contribution in [2.75, 3.05) is 5.75 Å². The van der Waals surface area contributed by atoms with Gasteiger partial charge in [-0.2, -0.15) is 0 Å². The summed E-state index contributed by atoms with van der Waals surface area (Å²) in [5.74, 6) is 1.73. The Morgan fingerprint density at radius 2 is 2.37 bits per heavy atom. The second-order valence-electron chi connectivity index (χ2n) is 4.88. The average Bonchev–Trinajstić information content (AvgIpc) is 2.78. The topological polar surface area (TPSA) is 82.7 Å². The van der Waals surface area contributed by atoms with E-state index in [1.54, 1.807) is 11.8 Å². The van der Waals surface area contributed by atoms with Crippen LogP contribution in [0, 0.1) is 0 Å². The third-order valence-corrected chi connectivity index (χ3v) is 4.63. The standard InChI is InChI=1S/C12H21ClN4OS/c1-2-5-19-12-16-10(13)9(14)11(17-12)15-7-3-4-8(18)6-7/h7-8,10,15,18H,2-6,14H2,1H3,(H,16,17)/t7-,8+,10?/m0/s1. The van der Waals surface area contributed by atoms with E-state index in [2.05, 4.69) is 22.5 Å². The first kappa shape index (κ1) is 14.8. The Kier molecular flexibility index (Phi) is 5.24. The second-order valence-corrected chi connectivity index (χ2v) is 6.38. The molecule has 1 heterocycles. The Morgan fingerprint density at radius 3 is 3.00 bits per heavy atom.